The second-order valence-electron chi connectivity index (χ2n) is 5.96. The van der Waals surface area contributed by atoms with Crippen LogP contribution in [0.2, 0.25) is 5.02 Å². The second kappa shape index (κ2) is 10.0. The zero-order valence-corrected chi connectivity index (χ0v) is 15.7. The average Bonchev–Trinajstić information content (AvgIpc) is 2.67. The number of carbonyl (C=O) groups is 2. The Bertz CT molecular complexity index is 850. The third-order valence-electron chi connectivity index (χ3n) is 3.70. The summed E-state index contributed by atoms with van der Waals surface area (Å²) in [5.74, 6) is -3.05. The summed E-state index contributed by atoms with van der Waals surface area (Å²) < 4.78 is 31.1. The predicted octanol–water partition coefficient (Wildman–Crippen LogP) is 2.29. The number of benzene rings is 2. The maximum absolute atomic E-state index is 13.1. The first-order chi connectivity index (χ1) is 13.3. The van der Waals surface area contributed by atoms with Crippen LogP contribution in [0.3, 0.4) is 0 Å². The molecule has 0 heterocycles. The monoisotopic (exact) mass is 412 g/mol. The van der Waals surface area contributed by atoms with Gasteiger partial charge in [0.05, 0.1) is 10.6 Å². The van der Waals surface area contributed by atoms with Crippen LogP contribution in [0.4, 0.5) is 8.78 Å². The van der Waals surface area contributed by atoms with E-state index in [1.165, 1.54) is 19.1 Å². The molecule has 0 bridgehead atoms. The van der Waals surface area contributed by atoms with Crippen LogP contribution in [0, 0.1) is 11.6 Å². The Hall–Kier alpha value is -2.71. The van der Waals surface area contributed by atoms with Gasteiger partial charge in [0.2, 0.25) is 5.91 Å². The number of aliphatic hydroxyl groups is 1. The molecule has 2 amide bonds. The minimum absolute atomic E-state index is 0.0460. The third-order valence-corrected chi connectivity index (χ3v) is 4.03. The van der Waals surface area contributed by atoms with Gasteiger partial charge in [0, 0.05) is 12.6 Å². The van der Waals surface area contributed by atoms with Crippen molar-refractivity contribution in [1.82, 2.24) is 10.6 Å². The molecule has 0 saturated carbocycles. The van der Waals surface area contributed by atoms with Gasteiger partial charge in [-0.25, -0.2) is 8.78 Å². The molecule has 0 aromatic heterocycles. The van der Waals surface area contributed by atoms with Crippen molar-refractivity contribution in [3.05, 3.63) is 64.7 Å². The van der Waals surface area contributed by atoms with Crippen LogP contribution >= 0.6 is 11.6 Å². The summed E-state index contributed by atoms with van der Waals surface area (Å²) in [6, 6.07) is 8.52. The van der Waals surface area contributed by atoms with Gasteiger partial charge < -0.3 is 20.5 Å². The van der Waals surface area contributed by atoms with Gasteiger partial charge in [0.1, 0.15) is 24.5 Å². The maximum atomic E-state index is 13.1. The van der Waals surface area contributed by atoms with Gasteiger partial charge in [-0.15, -0.1) is 0 Å². The van der Waals surface area contributed by atoms with Crippen molar-refractivity contribution in [2.45, 2.75) is 19.1 Å². The van der Waals surface area contributed by atoms with Crippen molar-refractivity contribution in [3.63, 3.8) is 0 Å². The van der Waals surface area contributed by atoms with Gasteiger partial charge in [-0.3, -0.25) is 9.59 Å². The first-order valence-corrected chi connectivity index (χ1v) is 8.74. The lowest BCUT2D eigenvalue weighted by Gasteiger charge is -2.17. The summed E-state index contributed by atoms with van der Waals surface area (Å²) >= 11 is 5.94. The fourth-order valence-electron chi connectivity index (χ4n) is 2.17. The van der Waals surface area contributed by atoms with Crippen LogP contribution in [0.5, 0.6) is 5.75 Å². The van der Waals surface area contributed by atoms with E-state index in [4.69, 9.17) is 16.3 Å². The molecule has 2 unspecified atom stereocenters. The zero-order chi connectivity index (χ0) is 20.7. The van der Waals surface area contributed by atoms with E-state index < -0.39 is 35.6 Å². The number of halogens is 3. The van der Waals surface area contributed by atoms with Gasteiger partial charge >= 0.3 is 0 Å². The van der Waals surface area contributed by atoms with Crippen molar-refractivity contribution < 1.29 is 28.2 Å². The van der Waals surface area contributed by atoms with E-state index in [1.54, 1.807) is 18.2 Å². The number of aliphatic hydroxyl groups excluding tert-OH is 1. The Morgan fingerprint density at radius 3 is 2.57 bits per heavy atom. The maximum Gasteiger partial charge on any atom is 0.253 e. The highest BCUT2D eigenvalue weighted by Gasteiger charge is 2.19. The minimum atomic E-state index is -1.09. The number of hydrogen-bond donors (Lipinski definition) is 3. The first-order valence-electron chi connectivity index (χ1n) is 8.37. The molecule has 0 aliphatic carbocycles. The second-order valence-corrected chi connectivity index (χ2v) is 6.37. The highest BCUT2D eigenvalue weighted by atomic mass is 35.5. The lowest BCUT2D eigenvalue weighted by Crippen LogP contribution is -2.47. The smallest absolute Gasteiger partial charge is 0.253 e. The van der Waals surface area contributed by atoms with Gasteiger partial charge in [-0.1, -0.05) is 23.7 Å². The number of amides is 2. The Labute approximate surface area is 165 Å². The molecule has 6 nitrogen and oxygen atoms in total. The van der Waals surface area contributed by atoms with E-state index in [9.17, 15) is 23.5 Å². The molecule has 28 heavy (non-hydrogen) atoms. The molecule has 0 saturated heterocycles. The highest BCUT2D eigenvalue weighted by molar-refractivity contribution is 6.33. The Kier molecular flexibility index (Phi) is 7.71. The van der Waals surface area contributed by atoms with Crippen LogP contribution < -0.4 is 15.4 Å². The quantitative estimate of drug-likeness (QED) is 0.621. The van der Waals surface area contributed by atoms with E-state index >= 15 is 0 Å². The van der Waals surface area contributed by atoms with Crippen molar-refractivity contribution in [2.75, 3.05) is 13.2 Å². The highest BCUT2D eigenvalue weighted by Crippen LogP contribution is 2.16. The molecule has 9 heteroatoms. The van der Waals surface area contributed by atoms with Crippen molar-refractivity contribution >= 4 is 23.4 Å². The molecule has 0 radical (unpaired) electrons. The molecule has 0 spiro atoms. The Morgan fingerprint density at radius 1 is 1.18 bits per heavy atom. The number of hydrogen-bond acceptors (Lipinski definition) is 4. The van der Waals surface area contributed by atoms with Crippen LogP contribution in [0.25, 0.3) is 0 Å². The van der Waals surface area contributed by atoms with Crippen LogP contribution in [-0.4, -0.2) is 42.2 Å². The molecule has 0 aliphatic rings. The summed E-state index contributed by atoms with van der Waals surface area (Å²) in [4.78, 5) is 24.2. The molecule has 2 aromatic carbocycles. The summed E-state index contributed by atoms with van der Waals surface area (Å²) in [5.41, 5.74) is 0.240. The topological polar surface area (TPSA) is 87.7 Å². The summed E-state index contributed by atoms with van der Waals surface area (Å²) in [7, 11) is 0. The van der Waals surface area contributed by atoms with E-state index in [0.29, 0.717) is 0 Å². The first kappa shape index (κ1) is 21.6. The van der Waals surface area contributed by atoms with Gasteiger partial charge in [-0.05, 0) is 31.2 Å². The third kappa shape index (κ3) is 6.17. The molecule has 3 N–H and O–H groups in total. The van der Waals surface area contributed by atoms with Crippen LogP contribution in [0.1, 0.15) is 17.3 Å². The average molecular weight is 413 g/mol. The van der Waals surface area contributed by atoms with Gasteiger partial charge in [-0.2, -0.15) is 0 Å². The standard InChI is InChI=1S/C19H19ClF2N2O4/c1-11(24-19(27)14-4-2-3-5-15(14)20)18(26)23-9-12(25)10-28-13-6-7-16(21)17(22)8-13/h2-8,11-12,25H,9-10H2,1H3,(H,23,26)(H,24,27). The van der Waals surface area contributed by atoms with Gasteiger partial charge in [0.15, 0.2) is 11.6 Å². The molecule has 2 aromatic rings. The van der Waals surface area contributed by atoms with E-state index in [0.717, 1.165) is 12.1 Å². The van der Waals surface area contributed by atoms with E-state index in [-0.39, 0.29) is 29.5 Å². The number of rotatable bonds is 8. The fourth-order valence-corrected chi connectivity index (χ4v) is 2.40. The minimum Gasteiger partial charge on any atom is -0.491 e. The largest absolute Gasteiger partial charge is 0.491 e. The fraction of sp³-hybridized carbons (Fsp3) is 0.263. The van der Waals surface area contributed by atoms with Crippen molar-refractivity contribution in [1.29, 1.82) is 0 Å². The molecular weight excluding hydrogens is 394 g/mol. The summed E-state index contributed by atoms with van der Waals surface area (Å²) in [6.07, 6.45) is -1.09. The molecule has 150 valence electrons. The molecule has 0 fully saturated rings. The summed E-state index contributed by atoms with van der Waals surface area (Å²) in [6.45, 7) is 1.08. The lowest BCUT2D eigenvalue weighted by atomic mass is 10.2. The molecular formula is C19H19ClF2N2O4. The van der Waals surface area contributed by atoms with Gasteiger partial charge in [0.25, 0.3) is 5.91 Å². The Morgan fingerprint density at radius 2 is 1.89 bits per heavy atom. The molecule has 2 rings (SSSR count). The predicted molar refractivity (Wildman–Crippen MR) is 99.2 cm³/mol. The number of nitrogens with one attached hydrogen (secondary N) is 2. The normalized spacial score (nSPS) is 12.8. The van der Waals surface area contributed by atoms with Crippen molar-refractivity contribution in [2.24, 2.45) is 0 Å². The van der Waals surface area contributed by atoms with Crippen LogP contribution in [-0.2, 0) is 4.79 Å². The van der Waals surface area contributed by atoms with Crippen molar-refractivity contribution in [3.8, 4) is 5.75 Å². The SMILES string of the molecule is CC(NC(=O)c1ccccc1Cl)C(=O)NCC(O)COc1ccc(F)c(F)c1. The van der Waals surface area contributed by atoms with Crippen LogP contribution in [0.15, 0.2) is 42.5 Å². The van der Waals surface area contributed by atoms with E-state index in [2.05, 4.69) is 10.6 Å². The lowest BCUT2D eigenvalue weighted by molar-refractivity contribution is -0.123. The number of carbonyl (C=O) groups excluding carboxylic acids is 2. The van der Waals surface area contributed by atoms with E-state index in [1.807, 2.05) is 0 Å². The number of ether oxygens (including phenoxy) is 1. The molecule has 2 atom stereocenters. The summed E-state index contributed by atoms with van der Waals surface area (Å²) in [5, 5.41) is 15.1. The zero-order valence-electron chi connectivity index (χ0n) is 14.9. The molecule has 0 aliphatic heterocycles. The Balaban J connectivity index is 1.76.